The van der Waals surface area contributed by atoms with Crippen LogP contribution in [0, 0.1) is 0 Å². The van der Waals surface area contributed by atoms with Crippen LogP contribution in [0.3, 0.4) is 0 Å². The number of nitrogens with one attached hydrogen (secondary N) is 1. The summed E-state index contributed by atoms with van der Waals surface area (Å²) in [5.41, 5.74) is 0. The first kappa shape index (κ1) is 12.8. The highest BCUT2D eigenvalue weighted by molar-refractivity contribution is 5.82. The summed E-state index contributed by atoms with van der Waals surface area (Å²) in [5.74, 6) is -1.03. The molecule has 1 aliphatic heterocycles. The molecule has 0 aromatic carbocycles. The molecule has 0 bridgehead atoms. The van der Waals surface area contributed by atoms with Crippen molar-refractivity contribution in [2.45, 2.75) is 32.4 Å². The maximum absolute atomic E-state index is 11.7. The number of ether oxygens (including phenoxy) is 1. The van der Waals surface area contributed by atoms with Gasteiger partial charge in [0.25, 0.3) is 0 Å². The smallest absolute Gasteiger partial charge is 0.325 e. The van der Waals surface area contributed by atoms with Gasteiger partial charge in [0.05, 0.1) is 12.7 Å². The third-order valence-electron chi connectivity index (χ3n) is 2.59. The number of hydrogen-bond donors (Lipinski definition) is 2. The van der Waals surface area contributed by atoms with E-state index < -0.39 is 12.0 Å². The van der Waals surface area contributed by atoms with Crippen molar-refractivity contribution in [2.24, 2.45) is 0 Å². The zero-order chi connectivity index (χ0) is 12.1. The molecule has 2 unspecified atom stereocenters. The van der Waals surface area contributed by atoms with Crippen molar-refractivity contribution >= 4 is 12.0 Å². The predicted octanol–water partition coefficient (Wildman–Crippen LogP) is 0.280. The molecule has 2 atom stereocenters. The number of hydrogen-bond acceptors (Lipinski definition) is 3. The minimum absolute atomic E-state index is 0.0552. The normalized spacial score (nSPS) is 22.6. The summed E-state index contributed by atoms with van der Waals surface area (Å²) in [6.45, 7) is 4.97. The van der Waals surface area contributed by atoms with Gasteiger partial charge in [0.1, 0.15) is 6.04 Å². The van der Waals surface area contributed by atoms with Crippen LogP contribution in [0.2, 0.25) is 0 Å². The molecule has 0 aromatic heterocycles. The number of nitrogens with zero attached hydrogens (tertiary/aromatic N) is 1. The molecular formula is C10H18N2O4. The van der Waals surface area contributed by atoms with Crippen molar-refractivity contribution in [1.82, 2.24) is 10.2 Å². The van der Waals surface area contributed by atoms with Gasteiger partial charge in [-0.15, -0.1) is 0 Å². The van der Waals surface area contributed by atoms with E-state index in [4.69, 9.17) is 9.84 Å². The molecule has 1 heterocycles. The van der Waals surface area contributed by atoms with Crippen LogP contribution in [0.25, 0.3) is 0 Å². The van der Waals surface area contributed by atoms with Crippen LogP contribution < -0.4 is 5.32 Å². The van der Waals surface area contributed by atoms with Crippen LogP contribution in [-0.4, -0.2) is 53.8 Å². The Labute approximate surface area is 94.6 Å². The molecule has 6 nitrogen and oxygen atoms in total. The number of aliphatic carboxylic acids is 1. The van der Waals surface area contributed by atoms with Gasteiger partial charge in [-0.05, 0) is 13.3 Å². The van der Waals surface area contributed by atoms with Gasteiger partial charge in [-0.2, -0.15) is 0 Å². The molecule has 1 rings (SSSR count). The highest BCUT2D eigenvalue weighted by atomic mass is 16.5. The number of carbonyl (C=O) groups is 2. The fraction of sp³-hybridized carbons (Fsp3) is 0.800. The summed E-state index contributed by atoms with van der Waals surface area (Å²) >= 11 is 0. The lowest BCUT2D eigenvalue weighted by atomic mass is 10.2. The molecule has 0 saturated carbocycles. The van der Waals surface area contributed by atoms with E-state index in [1.54, 1.807) is 4.90 Å². The van der Waals surface area contributed by atoms with Gasteiger partial charge in [-0.1, -0.05) is 6.92 Å². The molecule has 0 radical (unpaired) electrons. The third-order valence-corrected chi connectivity index (χ3v) is 2.59. The molecule has 92 valence electrons. The van der Waals surface area contributed by atoms with Crippen LogP contribution in [0.1, 0.15) is 20.3 Å². The summed E-state index contributed by atoms with van der Waals surface area (Å²) < 4.78 is 5.42. The maximum Gasteiger partial charge on any atom is 0.325 e. The Morgan fingerprint density at radius 2 is 2.31 bits per heavy atom. The van der Waals surface area contributed by atoms with Gasteiger partial charge < -0.3 is 20.1 Å². The van der Waals surface area contributed by atoms with E-state index in [2.05, 4.69) is 5.32 Å². The van der Waals surface area contributed by atoms with E-state index in [0.29, 0.717) is 19.7 Å². The number of morpholine rings is 1. The lowest BCUT2D eigenvalue weighted by Gasteiger charge is -2.32. The molecule has 2 amide bonds. The molecule has 0 aliphatic carbocycles. The summed E-state index contributed by atoms with van der Waals surface area (Å²) in [5, 5.41) is 11.1. The number of carbonyl (C=O) groups excluding carboxylic acids is 1. The summed E-state index contributed by atoms with van der Waals surface area (Å²) in [6.07, 6.45) is 0.901. The van der Waals surface area contributed by atoms with E-state index in [-0.39, 0.29) is 12.1 Å². The fourth-order valence-corrected chi connectivity index (χ4v) is 1.49. The molecule has 1 fully saturated rings. The first-order valence-corrected chi connectivity index (χ1v) is 5.44. The molecule has 0 spiro atoms. The Bertz CT molecular complexity index is 270. The molecule has 2 N–H and O–H groups in total. The summed E-state index contributed by atoms with van der Waals surface area (Å²) in [4.78, 5) is 23.8. The Morgan fingerprint density at radius 3 is 2.88 bits per heavy atom. The number of carboxylic acid groups (broad SMARTS) is 1. The molecule has 16 heavy (non-hydrogen) atoms. The lowest BCUT2D eigenvalue weighted by molar-refractivity contribution is -0.138. The van der Waals surface area contributed by atoms with E-state index in [1.165, 1.54) is 6.92 Å². The van der Waals surface area contributed by atoms with Crippen LogP contribution in [-0.2, 0) is 9.53 Å². The lowest BCUT2D eigenvalue weighted by Crippen LogP contribution is -2.52. The second kappa shape index (κ2) is 5.69. The number of urea groups is 1. The van der Waals surface area contributed by atoms with Crippen molar-refractivity contribution in [3.63, 3.8) is 0 Å². The van der Waals surface area contributed by atoms with Crippen LogP contribution >= 0.6 is 0 Å². The van der Waals surface area contributed by atoms with E-state index >= 15 is 0 Å². The first-order chi connectivity index (χ1) is 7.54. The highest BCUT2D eigenvalue weighted by Gasteiger charge is 2.25. The maximum atomic E-state index is 11.7. The van der Waals surface area contributed by atoms with Crippen molar-refractivity contribution in [2.75, 3.05) is 19.7 Å². The zero-order valence-electron chi connectivity index (χ0n) is 9.60. The molecule has 0 aromatic rings. The zero-order valence-corrected chi connectivity index (χ0v) is 9.60. The second-order valence-corrected chi connectivity index (χ2v) is 3.86. The van der Waals surface area contributed by atoms with Crippen molar-refractivity contribution in [3.8, 4) is 0 Å². The van der Waals surface area contributed by atoms with Crippen LogP contribution in [0.15, 0.2) is 0 Å². The minimum atomic E-state index is -1.03. The number of amides is 2. The number of carboxylic acids is 1. The van der Waals surface area contributed by atoms with Gasteiger partial charge in [0, 0.05) is 13.1 Å². The van der Waals surface area contributed by atoms with Crippen LogP contribution in [0.5, 0.6) is 0 Å². The fourth-order valence-electron chi connectivity index (χ4n) is 1.49. The van der Waals surface area contributed by atoms with Gasteiger partial charge >= 0.3 is 12.0 Å². The predicted molar refractivity (Wildman–Crippen MR) is 57.2 cm³/mol. The SMILES string of the molecule is CCC1CN(C(=O)NC(C)C(=O)O)CCO1. The average Bonchev–Trinajstić information content (AvgIpc) is 2.28. The van der Waals surface area contributed by atoms with Crippen molar-refractivity contribution in [1.29, 1.82) is 0 Å². The van der Waals surface area contributed by atoms with Crippen molar-refractivity contribution in [3.05, 3.63) is 0 Å². The largest absolute Gasteiger partial charge is 0.480 e. The second-order valence-electron chi connectivity index (χ2n) is 3.86. The topological polar surface area (TPSA) is 78.9 Å². The van der Waals surface area contributed by atoms with Gasteiger partial charge in [-0.25, -0.2) is 4.79 Å². The van der Waals surface area contributed by atoms with E-state index in [9.17, 15) is 9.59 Å². The number of rotatable bonds is 3. The van der Waals surface area contributed by atoms with Crippen LogP contribution in [0.4, 0.5) is 4.79 Å². The molecular weight excluding hydrogens is 212 g/mol. The molecule has 1 aliphatic rings. The minimum Gasteiger partial charge on any atom is -0.480 e. The van der Waals surface area contributed by atoms with E-state index in [1.807, 2.05) is 6.92 Å². The Kier molecular flexibility index (Phi) is 4.54. The average molecular weight is 230 g/mol. The van der Waals surface area contributed by atoms with Gasteiger partial charge in [-0.3, -0.25) is 4.79 Å². The first-order valence-electron chi connectivity index (χ1n) is 5.44. The summed E-state index contributed by atoms with van der Waals surface area (Å²) in [7, 11) is 0. The third kappa shape index (κ3) is 3.37. The molecule has 6 heteroatoms. The quantitative estimate of drug-likeness (QED) is 0.730. The monoisotopic (exact) mass is 230 g/mol. The highest BCUT2D eigenvalue weighted by Crippen LogP contribution is 2.08. The molecule has 1 saturated heterocycles. The Balaban J connectivity index is 2.44. The van der Waals surface area contributed by atoms with Gasteiger partial charge in [0.2, 0.25) is 0 Å². The van der Waals surface area contributed by atoms with Crippen molar-refractivity contribution < 1.29 is 19.4 Å². The standard InChI is InChI=1S/C10H18N2O4/c1-3-8-6-12(4-5-16-8)10(15)11-7(2)9(13)14/h7-8H,3-6H2,1-2H3,(H,11,15)(H,13,14). The van der Waals surface area contributed by atoms with Gasteiger partial charge in [0.15, 0.2) is 0 Å². The summed E-state index contributed by atoms with van der Waals surface area (Å²) in [6, 6.07) is -1.20. The Morgan fingerprint density at radius 1 is 1.62 bits per heavy atom. The Hall–Kier alpha value is -1.30. The van der Waals surface area contributed by atoms with E-state index in [0.717, 1.165) is 6.42 Å².